The predicted octanol–water partition coefficient (Wildman–Crippen LogP) is 3.72. The molecule has 0 aliphatic carbocycles. The van der Waals surface area contributed by atoms with Gasteiger partial charge in [-0.2, -0.15) is 0 Å². The Morgan fingerprint density at radius 3 is 2.48 bits per heavy atom. The normalized spacial score (nSPS) is 12.8. The van der Waals surface area contributed by atoms with Crippen LogP contribution in [0.1, 0.15) is 45.1 Å². The number of hydrogen-bond donors (Lipinski definition) is 1. The zero-order chi connectivity index (χ0) is 15.9. The quantitative estimate of drug-likeness (QED) is 0.705. The second kappa shape index (κ2) is 7.99. The number of rotatable bonds is 9. The number of hydrogen-bond acceptors (Lipinski definition) is 3. The van der Waals surface area contributed by atoms with Crippen molar-refractivity contribution in [3.05, 3.63) is 42.5 Å². The van der Waals surface area contributed by atoms with Crippen molar-refractivity contribution in [1.82, 2.24) is 0 Å². The van der Waals surface area contributed by atoms with Crippen LogP contribution < -0.4 is 4.74 Å². The third-order valence-corrected chi connectivity index (χ3v) is 3.87. The molecule has 0 aromatic heterocycles. The van der Waals surface area contributed by atoms with Crippen LogP contribution in [0.25, 0.3) is 0 Å². The van der Waals surface area contributed by atoms with Crippen molar-refractivity contribution in [3.8, 4) is 5.75 Å². The van der Waals surface area contributed by atoms with E-state index in [1.165, 1.54) is 5.56 Å². The number of Topliss-reactive ketones (excluding diaryl/α,β-unsaturated/α-hetero) is 1. The van der Waals surface area contributed by atoms with Crippen LogP contribution in [0.5, 0.6) is 5.75 Å². The topological polar surface area (TPSA) is 46.5 Å². The van der Waals surface area contributed by atoms with Crippen molar-refractivity contribution in [2.45, 2.75) is 39.5 Å². The van der Waals surface area contributed by atoms with Crippen LogP contribution in [-0.2, 0) is 4.79 Å². The van der Waals surface area contributed by atoms with Crippen molar-refractivity contribution in [1.29, 1.82) is 0 Å². The molecule has 1 N–H and O–H groups in total. The molecule has 0 amide bonds. The van der Waals surface area contributed by atoms with Gasteiger partial charge in [0.05, 0.1) is 0 Å². The minimum Gasteiger partial charge on any atom is -0.490 e. The minimum atomic E-state index is -0.507. The Labute approximate surface area is 127 Å². The maximum Gasteiger partial charge on any atom is 0.163 e. The molecule has 0 bridgehead atoms. The zero-order valence-electron chi connectivity index (χ0n) is 13.3. The van der Waals surface area contributed by atoms with Crippen molar-refractivity contribution < 1.29 is 14.6 Å². The summed E-state index contributed by atoms with van der Waals surface area (Å²) in [5, 5.41) is 9.07. The van der Waals surface area contributed by atoms with Crippen LogP contribution in [0.4, 0.5) is 0 Å². The number of carbonyl (C=O) groups is 1. The molecule has 0 radical (unpaired) electrons. The molecular formula is C18H26O3. The van der Waals surface area contributed by atoms with Crippen molar-refractivity contribution in [2.75, 3.05) is 13.2 Å². The van der Waals surface area contributed by atoms with E-state index in [0.29, 0.717) is 12.5 Å². The van der Waals surface area contributed by atoms with Gasteiger partial charge in [-0.25, -0.2) is 0 Å². The molecule has 1 atom stereocenters. The van der Waals surface area contributed by atoms with Gasteiger partial charge in [0.2, 0.25) is 0 Å². The standard InChI is InChI=1S/C18H26O3/c1-5-11-21-16-9-7-15(8-10-16)14(6-2)12-18(3,4)17(20)13-19/h5,7-10,14,19H,1,6,11-13H2,2-4H3. The first kappa shape index (κ1) is 17.4. The average Bonchev–Trinajstić information content (AvgIpc) is 2.50. The van der Waals surface area contributed by atoms with Gasteiger partial charge in [0.25, 0.3) is 0 Å². The summed E-state index contributed by atoms with van der Waals surface area (Å²) in [6.45, 7) is 9.64. The summed E-state index contributed by atoms with van der Waals surface area (Å²) in [7, 11) is 0. The smallest absolute Gasteiger partial charge is 0.163 e. The zero-order valence-corrected chi connectivity index (χ0v) is 13.3. The molecule has 116 valence electrons. The van der Waals surface area contributed by atoms with E-state index in [1.807, 2.05) is 38.1 Å². The molecule has 0 saturated heterocycles. The molecule has 0 heterocycles. The number of ether oxygens (including phenoxy) is 1. The second-order valence-corrected chi connectivity index (χ2v) is 5.94. The first-order valence-corrected chi connectivity index (χ1v) is 7.42. The highest BCUT2D eigenvalue weighted by Gasteiger charge is 2.30. The Morgan fingerprint density at radius 1 is 1.38 bits per heavy atom. The molecule has 0 spiro atoms. The van der Waals surface area contributed by atoms with E-state index in [9.17, 15) is 4.79 Å². The monoisotopic (exact) mass is 290 g/mol. The lowest BCUT2D eigenvalue weighted by Gasteiger charge is -2.27. The predicted molar refractivity (Wildman–Crippen MR) is 85.7 cm³/mol. The Hall–Kier alpha value is -1.61. The lowest BCUT2D eigenvalue weighted by atomic mass is 9.76. The summed E-state index contributed by atoms with van der Waals surface area (Å²) in [5.74, 6) is 1.01. The summed E-state index contributed by atoms with van der Waals surface area (Å²) in [4.78, 5) is 11.8. The summed E-state index contributed by atoms with van der Waals surface area (Å²) in [5.41, 5.74) is 0.690. The number of carbonyl (C=O) groups excluding carboxylic acids is 1. The highest BCUT2D eigenvalue weighted by Crippen LogP contribution is 2.35. The largest absolute Gasteiger partial charge is 0.490 e. The SMILES string of the molecule is C=CCOc1ccc(C(CC)CC(C)(C)C(=O)CO)cc1. The summed E-state index contributed by atoms with van der Waals surface area (Å²) in [6, 6.07) is 7.99. The second-order valence-electron chi connectivity index (χ2n) is 5.94. The van der Waals surface area contributed by atoms with Gasteiger partial charge >= 0.3 is 0 Å². The fourth-order valence-electron chi connectivity index (χ4n) is 2.43. The van der Waals surface area contributed by atoms with E-state index in [2.05, 4.69) is 13.5 Å². The van der Waals surface area contributed by atoms with Gasteiger partial charge in [-0.1, -0.05) is 45.6 Å². The minimum absolute atomic E-state index is 0.105. The Balaban J connectivity index is 2.80. The van der Waals surface area contributed by atoms with Crippen LogP contribution in [-0.4, -0.2) is 24.1 Å². The molecule has 3 heteroatoms. The molecule has 1 aromatic carbocycles. The van der Waals surface area contributed by atoms with Gasteiger partial charge in [-0.05, 0) is 36.5 Å². The molecule has 0 fully saturated rings. The van der Waals surface area contributed by atoms with E-state index in [0.717, 1.165) is 18.6 Å². The van der Waals surface area contributed by atoms with Crippen LogP contribution in [0, 0.1) is 5.41 Å². The number of aliphatic hydroxyl groups is 1. The fourth-order valence-corrected chi connectivity index (χ4v) is 2.43. The molecule has 1 unspecified atom stereocenters. The van der Waals surface area contributed by atoms with Gasteiger partial charge in [0, 0.05) is 5.41 Å². The van der Waals surface area contributed by atoms with Gasteiger partial charge in [-0.3, -0.25) is 4.79 Å². The highest BCUT2D eigenvalue weighted by atomic mass is 16.5. The Bertz CT molecular complexity index is 460. The van der Waals surface area contributed by atoms with Crippen LogP contribution in [0.15, 0.2) is 36.9 Å². The molecule has 3 nitrogen and oxygen atoms in total. The van der Waals surface area contributed by atoms with Gasteiger partial charge in [-0.15, -0.1) is 0 Å². The molecule has 1 aromatic rings. The first-order valence-electron chi connectivity index (χ1n) is 7.42. The third-order valence-electron chi connectivity index (χ3n) is 3.87. The fraction of sp³-hybridized carbons (Fsp3) is 0.500. The lowest BCUT2D eigenvalue weighted by molar-refractivity contribution is -0.130. The number of ketones is 1. The third kappa shape index (κ3) is 5.01. The Kier molecular flexibility index (Phi) is 6.63. The van der Waals surface area contributed by atoms with Crippen LogP contribution in [0.2, 0.25) is 0 Å². The molecular weight excluding hydrogens is 264 g/mol. The summed E-state index contributed by atoms with van der Waals surface area (Å²) >= 11 is 0. The van der Waals surface area contributed by atoms with E-state index >= 15 is 0 Å². The van der Waals surface area contributed by atoms with Crippen molar-refractivity contribution in [3.63, 3.8) is 0 Å². The molecule has 0 saturated carbocycles. The van der Waals surface area contributed by atoms with Crippen molar-refractivity contribution in [2.24, 2.45) is 5.41 Å². The molecule has 0 aliphatic rings. The van der Waals surface area contributed by atoms with E-state index < -0.39 is 12.0 Å². The molecule has 0 aliphatic heterocycles. The van der Waals surface area contributed by atoms with E-state index in [-0.39, 0.29) is 5.78 Å². The molecule has 1 rings (SSSR count). The maximum absolute atomic E-state index is 11.8. The molecule has 21 heavy (non-hydrogen) atoms. The van der Waals surface area contributed by atoms with Crippen LogP contribution >= 0.6 is 0 Å². The first-order chi connectivity index (χ1) is 9.94. The van der Waals surface area contributed by atoms with E-state index in [4.69, 9.17) is 9.84 Å². The van der Waals surface area contributed by atoms with Gasteiger partial charge < -0.3 is 9.84 Å². The Morgan fingerprint density at radius 2 is 2.00 bits per heavy atom. The van der Waals surface area contributed by atoms with Gasteiger partial charge in [0.1, 0.15) is 19.0 Å². The summed E-state index contributed by atoms with van der Waals surface area (Å²) in [6.07, 6.45) is 3.40. The lowest BCUT2D eigenvalue weighted by Crippen LogP contribution is -2.29. The van der Waals surface area contributed by atoms with E-state index in [1.54, 1.807) is 6.08 Å². The van der Waals surface area contributed by atoms with Gasteiger partial charge in [0.15, 0.2) is 5.78 Å². The van der Waals surface area contributed by atoms with Crippen molar-refractivity contribution >= 4 is 5.78 Å². The van der Waals surface area contributed by atoms with Crippen LogP contribution in [0.3, 0.4) is 0 Å². The number of benzene rings is 1. The maximum atomic E-state index is 11.8. The number of aliphatic hydroxyl groups excluding tert-OH is 1. The summed E-state index contributed by atoms with van der Waals surface area (Å²) < 4.78 is 5.47. The highest BCUT2D eigenvalue weighted by molar-refractivity contribution is 5.85. The average molecular weight is 290 g/mol.